The van der Waals surface area contributed by atoms with Crippen molar-refractivity contribution in [2.24, 2.45) is 17.8 Å². The summed E-state index contributed by atoms with van der Waals surface area (Å²) in [7, 11) is 0. The molecule has 0 saturated carbocycles. The number of carbonyl (C=O) groups is 1. The Hall–Kier alpha value is -1.92. The number of pyridine rings is 1. The second-order valence-corrected chi connectivity index (χ2v) is 6.52. The SMILES string of the molecule is CCO[C@H]1OC(C(=O)Nc2cccnc2)=C[C@@H](C(C)C)[C@H]1CCCO. The number of amides is 1. The van der Waals surface area contributed by atoms with Gasteiger partial charge in [0.05, 0.1) is 11.9 Å². The summed E-state index contributed by atoms with van der Waals surface area (Å²) in [4.78, 5) is 16.6. The molecule has 0 saturated heterocycles. The molecular weight excluding hydrogens is 320 g/mol. The molecule has 0 bridgehead atoms. The topological polar surface area (TPSA) is 80.7 Å². The maximum Gasteiger partial charge on any atom is 0.290 e. The number of aliphatic hydroxyl groups excluding tert-OH is 1. The van der Waals surface area contributed by atoms with Crippen LogP contribution in [0.3, 0.4) is 0 Å². The molecule has 1 aromatic heterocycles. The smallest absolute Gasteiger partial charge is 0.290 e. The minimum absolute atomic E-state index is 0.113. The Morgan fingerprint density at radius 2 is 2.28 bits per heavy atom. The third-order valence-corrected chi connectivity index (χ3v) is 4.37. The standard InChI is InChI=1S/C19H28N2O4/c1-4-24-19-15(8-6-10-22)16(13(2)3)11-17(25-19)18(23)21-14-7-5-9-20-12-14/h5,7,9,11-13,15-16,19,22H,4,6,8,10H2,1-3H3,(H,21,23)/t15-,16+,19+/m1/s1. The molecule has 6 nitrogen and oxygen atoms in total. The normalized spacial score (nSPS) is 23.1. The Kier molecular flexibility index (Phi) is 7.40. The minimum Gasteiger partial charge on any atom is -0.459 e. The number of aromatic nitrogens is 1. The second-order valence-electron chi connectivity index (χ2n) is 6.52. The lowest BCUT2D eigenvalue weighted by atomic mass is 9.78. The van der Waals surface area contributed by atoms with E-state index in [1.807, 2.05) is 13.0 Å². The Bertz CT molecular complexity index is 574. The number of nitrogens with zero attached hydrogens (tertiary/aromatic N) is 1. The summed E-state index contributed by atoms with van der Waals surface area (Å²) in [5.74, 6) is 0.565. The summed E-state index contributed by atoms with van der Waals surface area (Å²) in [6, 6.07) is 3.54. The van der Waals surface area contributed by atoms with Crippen molar-refractivity contribution in [2.75, 3.05) is 18.5 Å². The highest BCUT2D eigenvalue weighted by atomic mass is 16.7. The molecule has 2 N–H and O–H groups in total. The Morgan fingerprint density at radius 1 is 1.48 bits per heavy atom. The fourth-order valence-corrected chi connectivity index (χ4v) is 3.15. The van der Waals surface area contributed by atoms with Gasteiger partial charge in [-0.05, 0) is 49.8 Å². The van der Waals surface area contributed by atoms with Crippen LogP contribution in [0.1, 0.15) is 33.6 Å². The van der Waals surface area contributed by atoms with Crippen molar-refractivity contribution < 1.29 is 19.4 Å². The van der Waals surface area contributed by atoms with E-state index in [0.717, 1.165) is 6.42 Å². The monoisotopic (exact) mass is 348 g/mol. The fourth-order valence-electron chi connectivity index (χ4n) is 3.15. The summed E-state index contributed by atoms with van der Waals surface area (Å²) < 4.78 is 11.6. The zero-order chi connectivity index (χ0) is 18.2. The summed E-state index contributed by atoms with van der Waals surface area (Å²) in [5, 5.41) is 12.0. The summed E-state index contributed by atoms with van der Waals surface area (Å²) in [5.41, 5.74) is 0.619. The van der Waals surface area contributed by atoms with E-state index in [-0.39, 0.29) is 30.1 Å². The van der Waals surface area contributed by atoms with Crippen LogP contribution in [0, 0.1) is 17.8 Å². The van der Waals surface area contributed by atoms with Gasteiger partial charge in [-0.15, -0.1) is 0 Å². The first-order chi connectivity index (χ1) is 12.1. The van der Waals surface area contributed by atoms with Crippen molar-refractivity contribution in [3.05, 3.63) is 36.4 Å². The average Bonchev–Trinajstić information content (AvgIpc) is 2.61. The second kappa shape index (κ2) is 9.53. The molecule has 1 aromatic rings. The zero-order valence-electron chi connectivity index (χ0n) is 15.1. The van der Waals surface area contributed by atoms with Gasteiger partial charge in [-0.2, -0.15) is 0 Å². The van der Waals surface area contributed by atoms with Crippen molar-refractivity contribution >= 4 is 11.6 Å². The number of rotatable bonds is 8. The van der Waals surface area contributed by atoms with Gasteiger partial charge in [0.2, 0.25) is 6.29 Å². The third kappa shape index (κ3) is 5.28. The molecule has 1 aliphatic rings. The highest BCUT2D eigenvalue weighted by Gasteiger charge is 2.38. The van der Waals surface area contributed by atoms with Gasteiger partial charge in [0, 0.05) is 25.3 Å². The van der Waals surface area contributed by atoms with Crippen LogP contribution in [0.2, 0.25) is 0 Å². The number of carbonyl (C=O) groups excluding carboxylic acids is 1. The van der Waals surface area contributed by atoms with Gasteiger partial charge in [0.15, 0.2) is 5.76 Å². The van der Waals surface area contributed by atoms with Crippen LogP contribution in [0.15, 0.2) is 36.4 Å². The van der Waals surface area contributed by atoms with Crippen LogP contribution in [-0.2, 0) is 14.3 Å². The van der Waals surface area contributed by atoms with Gasteiger partial charge in [0.25, 0.3) is 5.91 Å². The molecule has 0 aliphatic carbocycles. The van der Waals surface area contributed by atoms with Crippen LogP contribution in [0.5, 0.6) is 0 Å². The number of anilines is 1. The molecule has 138 valence electrons. The van der Waals surface area contributed by atoms with Crippen molar-refractivity contribution in [1.82, 2.24) is 4.98 Å². The number of hydrogen-bond donors (Lipinski definition) is 2. The molecule has 0 aromatic carbocycles. The van der Waals surface area contributed by atoms with E-state index >= 15 is 0 Å². The first kappa shape index (κ1) is 19.4. The molecule has 2 heterocycles. The van der Waals surface area contributed by atoms with Crippen LogP contribution in [0.25, 0.3) is 0 Å². The van der Waals surface area contributed by atoms with Gasteiger partial charge in [0.1, 0.15) is 0 Å². The summed E-state index contributed by atoms with van der Waals surface area (Å²) >= 11 is 0. The highest BCUT2D eigenvalue weighted by molar-refractivity contribution is 6.02. The van der Waals surface area contributed by atoms with E-state index in [1.165, 1.54) is 0 Å². The molecule has 3 atom stereocenters. The van der Waals surface area contributed by atoms with Crippen LogP contribution in [0.4, 0.5) is 5.69 Å². The largest absolute Gasteiger partial charge is 0.459 e. The van der Waals surface area contributed by atoms with E-state index in [0.29, 0.717) is 24.6 Å². The van der Waals surface area contributed by atoms with Gasteiger partial charge in [-0.1, -0.05) is 13.8 Å². The van der Waals surface area contributed by atoms with E-state index in [2.05, 4.69) is 24.1 Å². The van der Waals surface area contributed by atoms with Gasteiger partial charge in [-0.3, -0.25) is 9.78 Å². The number of allylic oxidation sites excluding steroid dienone is 1. The van der Waals surface area contributed by atoms with Gasteiger partial charge < -0.3 is 19.9 Å². The number of ether oxygens (including phenoxy) is 2. The van der Waals surface area contributed by atoms with Gasteiger partial charge in [-0.25, -0.2) is 0 Å². The molecule has 0 unspecified atom stereocenters. The molecule has 6 heteroatoms. The fraction of sp³-hybridized carbons (Fsp3) is 0.579. The Labute approximate surface area is 149 Å². The molecule has 1 amide bonds. The first-order valence-electron chi connectivity index (χ1n) is 8.89. The molecule has 25 heavy (non-hydrogen) atoms. The lowest BCUT2D eigenvalue weighted by Gasteiger charge is -2.38. The molecule has 0 fully saturated rings. The maximum absolute atomic E-state index is 12.6. The third-order valence-electron chi connectivity index (χ3n) is 4.37. The maximum atomic E-state index is 12.6. The number of nitrogens with one attached hydrogen (secondary N) is 1. The lowest BCUT2D eigenvalue weighted by Crippen LogP contribution is -2.40. The predicted molar refractivity (Wildman–Crippen MR) is 95.6 cm³/mol. The average molecular weight is 348 g/mol. The molecule has 0 radical (unpaired) electrons. The Balaban J connectivity index is 2.20. The van der Waals surface area contributed by atoms with E-state index < -0.39 is 6.29 Å². The lowest BCUT2D eigenvalue weighted by molar-refractivity contribution is -0.173. The minimum atomic E-state index is -0.483. The summed E-state index contributed by atoms with van der Waals surface area (Å²) in [6.07, 6.45) is 6.13. The number of aliphatic hydroxyl groups is 1. The molecule has 0 spiro atoms. The van der Waals surface area contributed by atoms with Crippen LogP contribution < -0.4 is 5.32 Å². The quantitative estimate of drug-likeness (QED) is 0.755. The summed E-state index contributed by atoms with van der Waals surface area (Å²) in [6.45, 7) is 6.79. The van der Waals surface area contributed by atoms with E-state index in [9.17, 15) is 9.90 Å². The molecular formula is C19H28N2O4. The molecule has 2 rings (SSSR count). The van der Waals surface area contributed by atoms with E-state index in [1.54, 1.807) is 24.5 Å². The Morgan fingerprint density at radius 3 is 2.88 bits per heavy atom. The zero-order valence-corrected chi connectivity index (χ0v) is 15.1. The van der Waals surface area contributed by atoms with Crippen molar-refractivity contribution in [1.29, 1.82) is 0 Å². The highest BCUT2D eigenvalue weighted by Crippen LogP contribution is 2.37. The van der Waals surface area contributed by atoms with Crippen molar-refractivity contribution in [2.45, 2.75) is 39.9 Å². The number of hydrogen-bond acceptors (Lipinski definition) is 5. The van der Waals surface area contributed by atoms with Crippen molar-refractivity contribution in [3.8, 4) is 0 Å². The van der Waals surface area contributed by atoms with Crippen LogP contribution in [-0.4, -0.2) is 35.5 Å². The predicted octanol–water partition coefficient (Wildman–Crippen LogP) is 2.96. The van der Waals surface area contributed by atoms with E-state index in [4.69, 9.17) is 9.47 Å². The molecule has 1 aliphatic heterocycles. The van der Waals surface area contributed by atoms with Crippen LogP contribution >= 0.6 is 0 Å². The first-order valence-corrected chi connectivity index (χ1v) is 8.89. The van der Waals surface area contributed by atoms with Crippen molar-refractivity contribution in [3.63, 3.8) is 0 Å². The van der Waals surface area contributed by atoms with Gasteiger partial charge >= 0.3 is 0 Å².